The summed E-state index contributed by atoms with van der Waals surface area (Å²) in [6, 6.07) is 35.8. The van der Waals surface area contributed by atoms with Crippen molar-refractivity contribution < 1.29 is 0 Å². The van der Waals surface area contributed by atoms with Crippen LogP contribution in [-0.2, 0) is 18.3 Å². The van der Waals surface area contributed by atoms with Gasteiger partial charge in [0.1, 0.15) is 5.82 Å². The van der Waals surface area contributed by atoms with Crippen LogP contribution in [-0.4, -0.2) is 9.55 Å². The van der Waals surface area contributed by atoms with Gasteiger partial charge >= 0.3 is 0 Å². The number of allylic oxidation sites excluding steroid dienone is 1. The van der Waals surface area contributed by atoms with Gasteiger partial charge in [0, 0.05) is 12.1 Å². The van der Waals surface area contributed by atoms with Gasteiger partial charge in [-0.05, 0) is 92.2 Å². The monoisotopic (exact) mass is 532 g/mol. The van der Waals surface area contributed by atoms with Crippen LogP contribution in [0.4, 0.5) is 0 Å². The van der Waals surface area contributed by atoms with Gasteiger partial charge in [0.15, 0.2) is 0 Å². The number of fused-ring (bicyclic) bond motifs is 3. The fourth-order valence-electron chi connectivity index (χ4n) is 6.54. The van der Waals surface area contributed by atoms with E-state index >= 15 is 0 Å². The third kappa shape index (κ3) is 4.30. The fraction of sp³-hybridized carbons (Fsp3) is 0.205. The summed E-state index contributed by atoms with van der Waals surface area (Å²) < 4.78 is 2.30. The molecule has 0 fully saturated rings. The van der Waals surface area contributed by atoms with Gasteiger partial charge in [-0.3, -0.25) is 4.57 Å². The van der Waals surface area contributed by atoms with Crippen LogP contribution in [0.25, 0.3) is 55.8 Å². The molecule has 0 N–H and O–H groups in total. The normalized spacial score (nSPS) is 13.2. The number of rotatable bonds is 4. The lowest BCUT2D eigenvalue weighted by Crippen LogP contribution is -2.10. The first-order chi connectivity index (χ1) is 19.9. The summed E-state index contributed by atoms with van der Waals surface area (Å²) in [7, 11) is 0. The molecular formula is C39H36N2. The molecule has 0 bridgehead atoms. The highest BCUT2D eigenvalue weighted by Crippen LogP contribution is 2.45. The average molecular weight is 533 g/mol. The second kappa shape index (κ2) is 9.89. The van der Waals surface area contributed by atoms with Gasteiger partial charge in [0.2, 0.25) is 0 Å². The number of para-hydroxylation sites is 2. The van der Waals surface area contributed by atoms with E-state index in [1.54, 1.807) is 0 Å². The zero-order valence-electron chi connectivity index (χ0n) is 24.4. The van der Waals surface area contributed by atoms with Crippen LogP contribution in [0.1, 0.15) is 56.6 Å². The van der Waals surface area contributed by atoms with Crippen molar-refractivity contribution in [2.24, 2.45) is 0 Å². The third-order valence-electron chi connectivity index (χ3n) is 8.61. The minimum Gasteiger partial charge on any atom is -0.296 e. The smallest absolute Gasteiger partial charge is 0.114 e. The maximum atomic E-state index is 4.90. The largest absolute Gasteiger partial charge is 0.296 e. The highest BCUT2D eigenvalue weighted by atomic mass is 15.1. The van der Waals surface area contributed by atoms with E-state index in [0.29, 0.717) is 0 Å². The summed E-state index contributed by atoms with van der Waals surface area (Å²) in [5.41, 5.74) is 13.0. The Balaban J connectivity index is 1.41. The number of hydrogen-bond donors (Lipinski definition) is 0. The van der Waals surface area contributed by atoms with E-state index in [2.05, 4.69) is 141 Å². The zero-order valence-corrected chi connectivity index (χ0v) is 24.4. The van der Waals surface area contributed by atoms with Crippen molar-refractivity contribution in [3.05, 3.63) is 126 Å². The predicted molar refractivity (Wildman–Crippen MR) is 175 cm³/mol. The van der Waals surface area contributed by atoms with E-state index < -0.39 is 0 Å². The second-order valence-corrected chi connectivity index (χ2v) is 12.2. The van der Waals surface area contributed by atoms with E-state index in [9.17, 15) is 0 Å². The van der Waals surface area contributed by atoms with Gasteiger partial charge in [-0.1, -0.05) is 113 Å². The number of hydrogen-bond acceptors (Lipinski definition) is 1. The van der Waals surface area contributed by atoms with Crippen LogP contribution in [0.15, 0.2) is 103 Å². The van der Waals surface area contributed by atoms with Gasteiger partial charge in [0.25, 0.3) is 0 Å². The number of benzene rings is 5. The summed E-state index contributed by atoms with van der Waals surface area (Å²) in [4.78, 5) is 4.90. The summed E-state index contributed by atoms with van der Waals surface area (Å²) in [6.07, 6.45) is 7.72. The molecule has 1 heterocycles. The lowest BCUT2D eigenvalue weighted by atomic mass is 9.79. The van der Waals surface area contributed by atoms with Gasteiger partial charge in [-0.25, -0.2) is 4.98 Å². The lowest BCUT2D eigenvalue weighted by Gasteiger charge is -2.24. The summed E-state index contributed by atoms with van der Waals surface area (Å²) in [5.74, 6) is 1.09. The summed E-state index contributed by atoms with van der Waals surface area (Å²) in [6.45, 7) is 9.02. The number of nitrogens with zero attached hydrogens (tertiary/aromatic N) is 2. The Morgan fingerprint density at radius 1 is 0.732 bits per heavy atom. The maximum absolute atomic E-state index is 4.90. The van der Waals surface area contributed by atoms with E-state index in [1.807, 2.05) is 0 Å². The van der Waals surface area contributed by atoms with Crippen LogP contribution >= 0.6 is 0 Å². The first-order valence-corrected chi connectivity index (χ1v) is 14.9. The van der Waals surface area contributed by atoms with E-state index in [1.165, 1.54) is 49.7 Å². The van der Waals surface area contributed by atoms with Crippen molar-refractivity contribution in [2.45, 2.75) is 52.4 Å². The standard InChI is InChI=1S/C39H36N2/c1-5-36-40-34-16-10-11-17-35(34)41(36)29-24-20-27(21-25-29)38-32-14-8-6-12-30(32)37(31-13-7-9-15-33(31)38)26-18-22-28(23-19-26)39(2,3)4/h6,8-12,14-25H,5,7,13H2,1-4H3. The molecule has 0 amide bonds. The van der Waals surface area contributed by atoms with Crippen molar-refractivity contribution in [1.82, 2.24) is 9.55 Å². The Morgan fingerprint density at radius 3 is 2.07 bits per heavy atom. The van der Waals surface area contributed by atoms with Gasteiger partial charge in [0.05, 0.1) is 11.0 Å². The van der Waals surface area contributed by atoms with Gasteiger partial charge < -0.3 is 0 Å². The molecule has 5 aromatic carbocycles. The van der Waals surface area contributed by atoms with Crippen LogP contribution in [0, 0.1) is 0 Å². The fourth-order valence-corrected chi connectivity index (χ4v) is 6.54. The summed E-state index contributed by atoms with van der Waals surface area (Å²) >= 11 is 0. The minimum atomic E-state index is 0.139. The molecule has 0 saturated heterocycles. The molecule has 0 aliphatic heterocycles. The average Bonchev–Trinajstić information content (AvgIpc) is 3.38. The van der Waals surface area contributed by atoms with E-state index in [-0.39, 0.29) is 5.41 Å². The molecule has 0 radical (unpaired) electrons. The molecule has 1 aliphatic carbocycles. The molecule has 2 heteroatoms. The van der Waals surface area contributed by atoms with Crippen LogP contribution < -0.4 is 0 Å². The second-order valence-electron chi connectivity index (χ2n) is 12.2. The molecular weight excluding hydrogens is 496 g/mol. The maximum Gasteiger partial charge on any atom is 0.114 e. The zero-order chi connectivity index (χ0) is 28.1. The molecule has 0 unspecified atom stereocenters. The molecule has 1 aromatic heterocycles. The van der Waals surface area contributed by atoms with Crippen molar-refractivity contribution >= 4 is 27.9 Å². The van der Waals surface area contributed by atoms with E-state index in [4.69, 9.17) is 4.98 Å². The van der Waals surface area contributed by atoms with Crippen LogP contribution in [0.5, 0.6) is 0 Å². The highest BCUT2D eigenvalue weighted by Gasteiger charge is 2.22. The number of imidazole rings is 1. The van der Waals surface area contributed by atoms with Gasteiger partial charge in [-0.15, -0.1) is 0 Å². The van der Waals surface area contributed by atoms with Crippen LogP contribution in [0.3, 0.4) is 0 Å². The molecule has 6 aromatic rings. The van der Waals surface area contributed by atoms with Gasteiger partial charge in [-0.2, -0.15) is 0 Å². The minimum absolute atomic E-state index is 0.139. The number of aryl methyl sites for hydroxylation is 1. The highest BCUT2D eigenvalue weighted by molar-refractivity contribution is 6.10. The quantitative estimate of drug-likeness (QED) is 0.221. The topological polar surface area (TPSA) is 17.8 Å². The molecule has 7 rings (SSSR count). The first-order valence-electron chi connectivity index (χ1n) is 14.9. The SMILES string of the molecule is CCc1nc2ccccc2n1-c1ccc(-c2c3c(c(-c4ccc(C(C)(C)C)cc4)c4ccccc24)CCC=C3)cc1. The Hall–Kier alpha value is -4.43. The van der Waals surface area contributed by atoms with Crippen molar-refractivity contribution in [1.29, 1.82) is 0 Å². The molecule has 202 valence electrons. The van der Waals surface area contributed by atoms with Crippen LogP contribution in [0.2, 0.25) is 0 Å². The Kier molecular flexibility index (Phi) is 6.16. The Morgan fingerprint density at radius 2 is 1.37 bits per heavy atom. The molecule has 0 spiro atoms. The predicted octanol–water partition coefficient (Wildman–Crippen LogP) is 10.3. The Labute approximate surface area is 243 Å². The third-order valence-corrected chi connectivity index (χ3v) is 8.61. The lowest BCUT2D eigenvalue weighted by molar-refractivity contribution is 0.590. The number of aromatic nitrogens is 2. The molecule has 0 atom stereocenters. The molecule has 2 nitrogen and oxygen atoms in total. The molecule has 1 aliphatic rings. The van der Waals surface area contributed by atoms with Crippen molar-refractivity contribution in [2.75, 3.05) is 0 Å². The first kappa shape index (κ1) is 25.5. The van der Waals surface area contributed by atoms with E-state index in [0.717, 1.165) is 41.8 Å². The van der Waals surface area contributed by atoms with Crippen molar-refractivity contribution in [3.63, 3.8) is 0 Å². The molecule has 41 heavy (non-hydrogen) atoms. The Bertz CT molecular complexity index is 1930. The summed E-state index contributed by atoms with van der Waals surface area (Å²) in [5, 5.41) is 2.64. The molecule has 0 saturated carbocycles. The van der Waals surface area contributed by atoms with Crippen molar-refractivity contribution in [3.8, 4) is 27.9 Å².